The Morgan fingerprint density at radius 1 is 1.21 bits per heavy atom. The maximum absolute atomic E-state index is 5.95. The molecule has 1 aliphatic rings. The minimum atomic E-state index is 0.224. The zero-order valence-electron chi connectivity index (χ0n) is 19.6. The fourth-order valence-corrected chi connectivity index (χ4v) is 3.76. The number of aromatic nitrogens is 4. The number of benzene rings is 1. The Morgan fingerprint density at radius 2 is 2.09 bits per heavy atom. The van der Waals surface area contributed by atoms with E-state index < -0.39 is 0 Å². The molecule has 174 valence electrons. The normalized spacial score (nSPS) is 15.8. The van der Waals surface area contributed by atoms with Gasteiger partial charge in [0.1, 0.15) is 18.2 Å². The van der Waals surface area contributed by atoms with Crippen LogP contribution in [-0.2, 0) is 30.9 Å². The second-order valence-electron chi connectivity index (χ2n) is 8.22. The van der Waals surface area contributed by atoms with Gasteiger partial charge < -0.3 is 20.1 Å². The van der Waals surface area contributed by atoms with Crippen LogP contribution in [0.4, 0.5) is 0 Å². The van der Waals surface area contributed by atoms with E-state index >= 15 is 0 Å². The Kier molecular flexibility index (Phi) is 7.19. The fourth-order valence-electron chi connectivity index (χ4n) is 3.76. The summed E-state index contributed by atoms with van der Waals surface area (Å²) in [6.45, 7) is 5.94. The maximum Gasteiger partial charge on any atom is 0.219 e. The molecule has 9 nitrogen and oxygen atoms in total. The van der Waals surface area contributed by atoms with Crippen LogP contribution in [-0.4, -0.2) is 45.9 Å². The number of hydrogen-bond acceptors (Lipinski definition) is 6. The molecule has 0 radical (unpaired) electrons. The summed E-state index contributed by atoms with van der Waals surface area (Å²) in [5, 5.41) is 11.4. The van der Waals surface area contributed by atoms with Gasteiger partial charge in [0.2, 0.25) is 5.88 Å². The van der Waals surface area contributed by atoms with E-state index in [0.717, 1.165) is 48.3 Å². The number of aliphatic imine (C=N–C) groups is 1. The molecule has 9 heteroatoms. The summed E-state index contributed by atoms with van der Waals surface area (Å²) >= 11 is 0. The monoisotopic (exact) mass is 449 g/mol. The molecule has 1 unspecified atom stereocenters. The van der Waals surface area contributed by atoms with Crippen LogP contribution in [0.15, 0.2) is 41.5 Å². The second kappa shape index (κ2) is 10.4. The number of methoxy groups -OCH3 is 1. The molecule has 2 N–H and O–H groups in total. The molecule has 33 heavy (non-hydrogen) atoms. The lowest BCUT2D eigenvalue weighted by Gasteiger charge is -2.25. The number of hydrogen-bond donors (Lipinski definition) is 2. The van der Waals surface area contributed by atoms with Crippen LogP contribution in [0.5, 0.6) is 11.6 Å². The second-order valence-corrected chi connectivity index (χ2v) is 8.22. The van der Waals surface area contributed by atoms with Gasteiger partial charge >= 0.3 is 0 Å². The average Bonchev–Trinajstić information content (AvgIpc) is 3.21. The van der Waals surface area contributed by atoms with Gasteiger partial charge in [0.05, 0.1) is 6.54 Å². The molecular formula is C24H31N7O2. The Bertz CT molecular complexity index is 1130. The van der Waals surface area contributed by atoms with Crippen LogP contribution in [0.1, 0.15) is 34.8 Å². The molecule has 1 aromatic carbocycles. The van der Waals surface area contributed by atoms with Crippen LogP contribution >= 0.6 is 0 Å². The minimum Gasteiger partial charge on any atom is -0.439 e. The summed E-state index contributed by atoms with van der Waals surface area (Å²) < 4.78 is 13.1. The summed E-state index contributed by atoms with van der Waals surface area (Å²) in [6, 6.07) is 10.2. The quantitative estimate of drug-likeness (QED) is 0.423. The highest BCUT2D eigenvalue weighted by molar-refractivity contribution is 5.79. The third-order valence-corrected chi connectivity index (χ3v) is 5.70. The summed E-state index contributed by atoms with van der Waals surface area (Å²) in [6.07, 6.45) is 3.60. The lowest BCUT2D eigenvalue weighted by Crippen LogP contribution is -2.46. The highest BCUT2D eigenvalue weighted by Crippen LogP contribution is 2.22. The number of nitrogens with zero attached hydrogens (tertiary/aromatic N) is 5. The number of rotatable bonds is 7. The number of ether oxygens (including phenoxy) is 2. The van der Waals surface area contributed by atoms with Crippen molar-refractivity contribution in [2.75, 3.05) is 14.2 Å². The van der Waals surface area contributed by atoms with E-state index in [1.165, 1.54) is 11.1 Å². The molecule has 0 spiro atoms. The zero-order chi connectivity index (χ0) is 23.2. The highest BCUT2D eigenvalue weighted by Gasteiger charge is 2.22. The van der Waals surface area contributed by atoms with Crippen LogP contribution in [0.2, 0.25) is 0 Å². The van der Waals surface area contributed by atoms with E-state index in [4.69, 9.17) is 9.47 Å². The number of fused-ring (bicyclic) bond motifs is 1. The van der Waals surface area contributed by atoms with Crippen molar-refractivity contribution in [3.05, 3.63) is 64.9 Å². The number of aryl methyl sites for hydroxylation is 3. The van der Waals surface area contributed by atoms with E-state index in [1.54, 1.807) is 20.4 Å². The van der Waals surface area contributed by atoms with Crippen LogP contribution < -0.4 is 15.4 Å². The van der Waals surface area contributed by atoms with Gasteiger partial charge in [0.15, 0.2) is 11.8 Å². The smallest absolute Gasteiger partial charge is 0.219 e. The Hall–Kier alpha value is -3.46. The van der Waals surface area contributed by atoms with Gasteiger partial charge in [0, 0.05) is 45.4 Å². The third-order valence-electron chi connectivity index (χ3n) is 5.70. The van der Waals surface area contributed by atoms with Gasteiger partial charge in [-0.25, -0.2) is 14.6 Å². The molecule has 1 aliphatic heterocycles. The fraction of sp³-hybridized carbons (Fsp3) is 0.417. The van der Waals surface area contributed by atoms with Crippen molar-refractivity contribution < 1.29 is 9.47 Å². The minimum absolute atomic E-state index is 0.224. The van der Waals surface area contributed by atoms with Gasteiger partial charge in [-0.3, -0.25) is 4.99 Å². The molecule has 0 saturated heterocycles. The van der Waals surface area contributed by atoms with E-state index in [2.05, 4.69) is 50.6 Å². The summed E-state index contributed by atoms with van der Waals surface area (Å²) in [4.78, 5) is 13.3. The molecule has 3 aromatic rings. The van der Waals surface area contributed by atoms with Crippen LogP contribution in [0.3, 0.4) is 0 Å². The summed E-state index contributed by atoms with van der Waals surface area (Å²) in [5.41, 5.74) is 3.48. The molecule has 2 aromatic heterocycles. The van der Waals surface area contributed by atoms with Crippen molar-refractivity contribution in [1.29, 1.82) is 0 Å². The van der Waals surface area contributed by atoms with Gasteiger partial charge in [0.25, 0.3) is 0 Å². The summed E-state index contributed by atoms with van der Waals surface area (Å²) in [5.74, 6) is 3.84. The van der Waals surface area contributed by atoms with Crippen molar-refractivity contribution in [2.45, 2.75) is 52.4 Å². The first-order valence-corrected chi connectivity index (χ1v) is 11.1. The predicted molar refractivity (Wildman–Crippen MR) is 126 cm³/mol. The molecule has 0 fully saturated rings. The molecule has 3 heterocycles. The molecule has 0 aliphatic carbocycles. The van der Waals surface area contributed by atoms with Crippen molar-refractivity contribution in [3.8, 4) is 11.6 Å². The van der Waals surface area contributed by atoms with Crippen LogP contribution in [0.25, 0.3) is 0 Å². The zero-order valence-corrected chi connectivity index (χ0v) is 19.6. The number of nitrogens with one attached hydrogen (secondary N) is 2. The van der Waals surface area contributed by atoms with Gasteiger partial charge in [-0.15, -0.1) is 0 Å². The topological polar surface area (TPSA) is 98.5 Å². The van der Waals surface area contributed by atoms with Crippen molar-refractivity contribution in [2.24, 2.45) is 4.99 Å². The van der Waals surface area contributed by atoms with Crippen LogP contribution in [0, 0.1) is 13.8 Å². The first-order chi connectivity index (χ1) is 16.0. The molecule has 1 atom stereocenters. The third kappa shape index (κ3) is 5.87. The maximum atomic E-state index is 5.95. The molecular weight excluding hydrogens is 418 g/mol. The summed E-state index contributed by atoms with van der Waals surface area (Å²) in [7, 11) is 3.43. The van der Waals surface area contributed by atoms with E-state index in [1.807, 2.05) is 28.9 Å². The lowest BCUT2D eigenvalue weighted by atomic mass is 10.1. The van der Waals surface area contributed by atoms with E-state index in [-0.39, 0.29) is 6.04 Å². The predicted octanol–water partition coefficient (Wildman–Crippen LogP) is 2.91. The first-order valence-electron chi connectivity index (χ1n) is 11.1. The van der Waals surface area contributed by atoms with Gasteiger partial charge in [-0.2, -0.15) is 5.10 Å². The Labute approximate surface area is 194 Å². The Morgan fingerprint density at radius 3 is 2.88 bits per heavy atom. The number of pyridine rings is 1. The van der Waals surface area contributed by atoms with Gasteiger partial charge in [-0.05, 0) is 55.2 Å². The van der Waals surface area contributed by atoms with Gasteiger partial charge in [-0.1, -0.05) is 6.07 Å². The first kappa shape index (κ1) is 22.7. The van der Waals surface area contributed by atoms with E-state index in [0.29, 0.717) is 19.0 Å². The standard InChI is InChI=1S/C24H31N7O2/c1-16-5-7-20(11-17(16)2)33-23-12-18(9-10-26-23)13-27-24(25-3)28-19-6-8-22-29-21(15-32-4)30-31(22)14-19/h5,7,9-12,19H,6,8,13-15H2,1-4H3,(H2,25,27,28). The average molecular weight is 450 g/mol. The Balaban J connectivity index is 1.32. The lowest BCUT2D eigenvalue weighted by molar-refractivity contribution is 0.177. The van der Waals surface area contributed by atoms with Crippen molar-refractivity contribution >= 4 is 5.96 Å². The number of guanidine groups is 1. The molecule has 0 bridgehead atoms. The largest absolute Gasteiger partial charge is 0.439 e. The SMILES string of the molecule is CN=C(NCc1ccnc(Oc2ccc(C)c(C)c2)c1)NC1CCc2nc(COC)nn2C1. The molecule has 4 rings (SSSR count). The molecule has 0 saturated carbocycles. The molecule has 0 amide bonds. The van der Waals surface area contributed by atoms with Crippen molar-refractivity contribution in [1.82, 2.24) is 30.4 Å². The van der Waals surface area contributed by atoms with E-state index in [9.17, 15) is 0 Å². The van der Waals surface area contributed by atoms with Crippen molar-refractivity contribution in [3.63, 3.8) is 0 Å². The highest BCUT2D eigenvalue weighted by atomic mass is 16.5.